The topological polar surface area (TPSA) is 47.1 Å². The van der Waals surface area contributed by atoms with Gasteiger partial charge in [0, 0.05) is 19.6 Å². The lowest BCUT2D eigenvalue weighted by Crippen LogP contribution is -2.26. The fraction of sp³-hybridized carbons (Fsp3) is 0.750. The summed E-state index contributed by atoms with van der Waals surface area (Å²) in [7, 11) is 4.13. The summed E-state index contributed by atoms with van der Waals surface area (Å²) >= 11 is 0. The molecule has 0 aliphatic rings. The van der Waals surface area contributed by atoms with E-state index in [0.717, 1.165) is 31.6 Å². The minimum absolute atomic E-state index is 0.278. The first-order valence-corrected chi connectivity index (χ1v) is 5.98. The summed E-state index contributed by atoms with van der Waals surface area (Å²) in [6, 6.07) is 2.46. The number of hydrogen-bond acceptors (Lipinski definition) is 3. The zero-order valence-electron chi connectivity index (χ0n) is 10.9. The van der Waals surface area contributed by atoms with Crippen molar-refractivity contribution in [2.24, 2.45) is 12.8 Å². The van der Waals surface area contributed by atoms with Crippen LogP contribution < -0.4 is 5.73 Å². The van der Waals surface area contributed by atoms with Gasteiger partial charge in [0.25, 0.3) is 0 Å². The van der Waals surface area contributed by atoms with Crippen molar-refractivity contribution in [3.8, 4) is 0 Å². The maximum atomic E-state index is 5.75. The van der Waals surface area contributed by atoms with Gasteiger partial charge in [-0.2, -0.15) is 5.10 Å². The van der Waals surface area contributed by atoms with Gasteiger partial charge in [0.2, 0.25) is 0 Å². The van der Waals surface area contributed by atoms with Crippen LogP contribution in [0, 0.1) is 0 Å². The van der Waals surface area contributed by atoms with E-state index in [1.807, 2.05) is 18.7 Å². The Bertz CT molecular complexity index is 317. The van der Waals surface area contributed by atoms with E-state index in [2.05, 4.69) is 30.0 Å². The summed E-state index contributed by atoms with van der Waals surface area (Å²) in [4.78, 5) is 2.29. The van der Waals surface area contributed by atoms with E-state index in [9.17, 15) is 0 Å². The van der Waals surface area contributed by atoms with Crippen LogP contribution in [0.2, 0.25) is 0 Å². The van der Waals surface area contributed by atoms with Crippen molar-refractivity contribution in [2.45, 2.75) is 39.3 Å². The van der Waals surface area contributed by atoms with Crippen LogP contribution >= 0.6 is 0 Å². The smallest absolute Gasteiger partial charge is 0.0625 e. The Morgan fingerprint density at radius 3 is 2.75 bits per heavy atom. The largest absolute Gasteiger partial charge is 0.328 e. The van der Waals surface area contributed by atoms with Gasteiger partial charge in [-0.25, -0.2) is 0 Å². The van der Waals surface area contributed by atoms with Crippen LogP contribution in [0.3, 0.4) is 0 Å². The molecule has 1 aromatic rings. The van der Waals surface area contributed by atoms with E-state index >= 15 is 0 Å². The van der Waals surface area contributed by atoms with Crippen molar-refractivity contribution in [2.75, 3.05) is 13.6 Å². The third-order valence-corrected chi connectivity index (χ3v) is 2.79. The minimum atomic E-state index is 0.278. The number of nitrogens with zero attached hydrogens (tertiary/aromatic N) is 3. The summed E-state index contributed by atoms with van der Waals surface area (Å²) in [5.74, 6) is 0. The molecule has 4 heteroatoms. The lowest BCUT2D eigenvalue weighted by molar-refractivity contribution is 0.305. The number of aromatic nitrogens is 2. The van der Waals surface area contributed by atoms with Gasteiger partial charge in [-0.15, -0.1) is 0 Å². The zero-order valence-corrected chi connectivity index (χ0v) is 10.9. The maximum Gasteiger partial charge on any atom is 0.0625 e. The Balaban J connectivity index is 2.48. The molecule has 1 atom stereocenters. The summed E-state index contributed by atoms with van der Waals surface area (Å²) in [6.45, 7) is 6.15. The summed E-state index contributed by atoms with van der Waals surface area (Å²) in [6.07, 6.45) is 2.03. The number of nitrogens with two attached hydrogens (primary N) is 1. The van der Waals surface area contributed by atoms with E-state index in [-0.39, 0.29) is 6.04 Å². The molecule has 92 valence electrons. The fourth-order valence-corrected chi connectivity index (χ4v) is 1.67. The quantitative estimate of drug-likeness (QED) is 0.788. The van der Waals surface area contributed by atoms with E-state index in [1.54, 1.807) is 0 Å². The maximum absolute atomic E-state index is 5.75. The highest BCUT2D eigenvalue weighted by molar-refractivity contribution is 5.09. The molecular weight excluding hydrogens is 200 g/mol. The molecule has 16 heavy (non-hydrogen) atoms. The molecular formula is C12H24N4. The second-order valence-corrected chi connectivity index (χ2v) is 4.61. The number of rotatable bonds is 6. The molecule has 1 rings (SSSR count). The highest BCUT2D eigenvalue weighted by Crippen LogP contribution is 2.07. The van der Waals surface area contributed by atoms with Crippen LogP contribution in [0.1, 0.15) is 31.7 Å². The molecule has 1 aromatic heterocycles. The molecule has 0 radical (unpaired) electrons. The van der Waals surface area contributed by atoms with Gasteiger partial charge in [0.1, 0.15) is 0 Å². The standard InChI is InChI=1S/C12H24N4/c1-5-11-8-12(16(4)14-11)9-15(3)7-6-10(2)13/h8,10H,5-7,9,13H2,1-4H3. The summed E-state index contributed by atoms with van der Waals surface area (Å²) in [5, 5.41) is 4.44. The molecule has 0 aliphatic heterocycles. The molecule has 4 nitrogen and oxygen atoms in total. The average molecular weight is 224 g/mol. The molecule has 0 spiro atoms. The lowest BCUT2D eigenvalue weighted by atomic mass is 10.2. The molecule has 0 amide bonds. The predicted molar refractivity (Wildman–Crippen MR) is 67.2 cm³/mol. The van der Waals surface area contributed by atoms with Gasteiger partial charge >= 0.3 is 0 Å². The van der Waals surface area contributed by atoms with E-state index < -0.39 is 0 Å². The van der Waals surface area contributed by atoms with Gasteiger partial charge in [-0.05, 0) is 39.4 Å². The van der Waals surface area contributed by atoms with Crippen molar-refractivity contribution in [3.05, 3.63) is 17.5 Å². The Morgan fingerprint density at radius 1 is 1.56 bits per heavy atom. The monoisotopic (exact) mass is 224 g/mol. The molecule has 0 aromatic carbocycles. The number of hydrogen-bond donors (Lipinski definition) is 1. The highest BCUT2D eigenvalue weighted by atomic mass is 15.3. The number of aryl methyl sites for hydroxylation is 2. The Hall–Kier alpha value is -0.870. The Labute approximate surface area is 98.4 Å². The van der Waals surface area contributed by atoms with E-state index in [1.165, 1.54) is 5.69 Å². The SMILES string of the molecule is CCc1cc(CN(C)CCC(C)N)n(C)n1. The molecule has 0 saturated heterocycles. The van der Waals surface area contributed by atoms with Crippen LogP contribution in [0.25, 0.3) is 0 Å². The van der Waals surface area contributed by atoms with Gasteiger partial charge in [0.05, 0.1) is 11.4 Å². The molecule has 1 heterocycles. The third kappa shape index (κ3) is 3.94. The van der Waals surface area contributed by atoms with Gasteiger partial charge in [-0.3, -0.25) is 4.68 Å². The first kappa shape index (κ1) is 13.2. The van der Waals surface area contributed by atoms with E-state index in [4.69, 9.17) is 5.73 Å². The minimum Gasteiger partial charge on any atom is -0.328 e. The van der Waals surface area contributed by atoms with E-state index in [0.29, 0.717) is 0 Å². The van der Waals surface area contributed by atoms with Crippen LogP contribution in [0.5, 0.6) is 0 Å². The van der Waals surface area contributed by atoms with Crippen LogP contribution in [0.15, 0.2) is 6.07 Å². The molecule has 1 unspecified atom stereocenters. The van der Waals surface area contributed by atoms with Gasteiger partial charge in [0.15, 0.2) is 0 Å². The summed E-state index contributed by atoms with van der Waals surface area (Å²) in [5.41, 5.74) is 8.18. The molecule has 0 saturated carbocycles. The zero-order chi connectivity index (χ0) is 12.1. The van der Waals surface area contributed by atoms with Gasteiger partial charge < -0.3 is 10.6 Å². The Morgan fingerprint density at radius 2 is 2.25 bits per heavy atom. The summed E-state index contributed by atoms with van der Waals surface area (Å²) < 4.78 is 1.97. The van der Waals surface area contributed by atoms with Crippen molar-refractivity contribution in [3.63, 3.8) is 0 Å². The van der Waals surface area contributed by atoms with Crippen LogP contribution in [-0.4, -0.2) is 34.3 Å². The molecule has 0 bridgehead atoms. The van der Waals surface area contributed by atoms with Gasteiger partial charge in [-0.1, -0.05) is 6.92 Å². The van der Waals surface area contributed by atoms with Crippen LogP contribution in [-0.2, 0) is 20.0 Å². The Kier molecular flexibility index (Phi) is 4.96. The van der Waals surface area contributed by atoms with Crippen LogP contribution in [0.4, 0.5) is 0 Å². The average Bonchev–Trinajstić information content (AvgIpc) is 2.57. The van der Waals surface area contributed by atoms with Crippen molar-refractivity contribution in [1.82, 2.24) is 14.7 Å². The fourth-order valence-electron chi connectivity index (χ4n) is 1.67. The molecule has 0 aliphatic carbocycles. The van der Waals surface area contributed by atoms with Crippen molar-refractivity contribution >= 4 is 0 Å². The first-order chi connectivity index (χ1) is 7.52. The van der Waals surface area contributed by atoms with Crippen molar-refractivity contribution in [1.29, 1.82) is 0 Å². The predicted octanol–water partition coefficient (Wildman–Crippen LogP) is 1.15. The normalized spacial score (nSPS) is 13.4. The first-order valence-electron chi connectivity index (χ1n) is 5.98. The highest BCUT2D eigenvalue weighted by Gasteiger charge is 2.07. The molecule has 0 fully saturated rings. The second kappa shape index (κ2) is 6.01. The lowest BCUT2D eigenvalue weighted by Gasteiger charge is -2.17. The molecule has 2 N–H and O–H groups in total. The van der Waals surface area contributed by atoms with Crippen molar-refractivity contribution < 1.29 is 0 Å². The second-order valence-electron chi connectivity index (χ2n) is 4.61. The third-order valence-electron chi connectivity index (χ3n) is 2.79.